The third-order valence-corrected chi connectivity index (χ3v) is 7.41. The van der Waals surface area contributed by atoms with Gasteiger partial charge in [0, 0.05) is 37.7 Å². The minimum atomic E-state index is -3.91. The summed E-state index contributed by atoms with van der Waals surface area (Å²) < 4.78 is 28.1. The Balaban J connectivity index is 1.70. The summed E-state index contributed by atoms with van der Waals surface area (Å²) in [6.07, 6.45) is 1.21. The number of halogens is 1. The van der Waals surface area contributed by atoms with Crippen molar-refractivity contribution in [3.63, 3.8) is 0 Å². The van der Waals surface area contributed by atoms with Crippen LogP contribution < -0.4 is 4.72 Å². The number of likely N-dealkylation sites (tertiary alicyclic amines) is 1. The normalized spacial score (nSPS) is 14.8. The Bertz CT molecular complexity index is 1080. The summed E-state index contributed by atoms with van der Waals surface area (Å²) in [7, 11) is -3.91. The second-order valence-electron chi connectivity index (χ2n) is 7.69. The van der Waals surface area contributed by atoms with Crippen LogP contribution in [0.4, 0.5) is 5.69 Å². The maximum atomic E-state index is 13.0. The van der Waals surface area contributed by atoms with Gasteiger partial charge in [-0.3, -0.25) is 14.3 Å². The lowest BCUT2D eigenvalue weighted by atomic mass is 9.94. The van der Waals surface area contributed by atoms with Crippen molar-refractivity contribution in [2.24, 2.45) is 5.92 Å². The van der Waals surface area contributed by atoms with Crippen LogP contribution in [0.2, 0.25) is 5.02 Å². The number of piperidine rings is 1. The maximum Gasteiger partial charge on any atom is 0.261 e. The van der Waals surface area contributed by atoms with Gasteiger partial charge in [-0.15, -0.1) is 0 Å². The number of rotatable bonds is 7. The molecule has 0 unspecified atom stereocenters. The highest BCUT2D eigenvalue weighted by atomic mass is 35.5. The average molecular weight is 478 g/mol. The van der Waals surface area contributed by atoms with Crippen LogP contribution in [0.3, 0.4) is 0 Å². The predicted molar refractivity (Wildman–Crippen MR) is 125 cm³/mol. The fourth-order valence-corrected chi connectivity index (χ4v) is 5.21. The molecule has 2 aromatic rings. The maximum absolute atomic E-state index is 13.0. The third-order valence-electron chi connectivity index (χ3n) is 5.72. The standard InChI is InChI=1S/C23H28ClN3O4S/c1-3-26(4-2)22(28)17-12-14-27(15-13-17)23(29)18-8-7-9-19(16-18)32(30,31)25-21-11-6-5-10-20(21)24/h5-11,16-17,25H,3-4,12-15H2,1-2H3. The molecule has 1 aliphatic heterocycles. The van der Waals surface area contributed by atoms with Crippen molar-refractivity contribution in [2.45, 2.75) is 31.6 Å². The minimum absolute atomic E-state index is 0.0186. The molecule has 172 valence electrons. The van der Waals surface area contributed by atoms with Crippen molar-refractivity contribution in [2.75, 3.05) is 30.9 Å². The number of carbonyl (C=O) groups excluding carboxylic acids is 2. The Morgan fingerprint density at radius 3 is 2.34 bits per heavy atom. The van der Waals surface area contributed by atoms with Gasteiger partial charge in [-0.25, -0.2) is 8.42 Å². The van der Waals surface area contributed by atoms with Crippen LogP contribution in [0.5, 0.6) is 0 Å². The van der Waals surface area contributed by atoms with Crippen molar-refractivity contribution in [3.8, 4) is 0 Å². The van der Waals surface area contributed by atoms with Gasteiger partial charge < -0.3 is 9.80 Å². The smallest absolute Gasteiger partial charge is 0.261 e. The lowest BCUT2D eigenvalue weighted by Gasteiger charge is -2.33. The molecule has 32 heavy (non-hydrogen) atoms. The molecule has 1 saturated heterocycles. The lowest BCUT2D eigenvalue weighted by molar-refractivity contribution is -0.136. The van der Waals surface area contributed by atoms with Crippen LogP contribution in [-0.4, -0.2) is 56.2 Å². The van der Waals surface area contributed by atoms with E-state index >= 15 is 0 Å². The van der Waals surface area contributed by atoms with Crippen molar-refractivity contribution in [1.82, 2.24) is 9.80 Å². The molecule has 0 atom stereocenters. The number of hydrogen-bond donors (Lipinski definition) is 1. The first-order valence-corrected chi connectivity index (χ1v) is 12.6. The fourth-order valence-electron chi connectivity index (χ4n) is 3.85. The Morgan fingerprint density at radius 1 is 1.06 bits per heavy atom. The van der Waals surface area contributed by atoms with Gasteiger partial charge in [0.15, 0.2) is 0 Å². The number of amides is 2. The molecule has 1 N–H and O–H groups in total. The molecule has 1 heterocycles. The van der Waals surface area contributed by atoms with E-state index in [2.05, 4.69) is 4.72 Å². The molecular formula is C23H28ClN3O4S. The molecule has 3 rings (SSSR count). The summed E-state index contributed by atoms with van der Waals surface area (Å²) in [5.74, 6) is -0.181. The van der Waals surface area contributed by atoms with Gasteiger partial charge in [0.2, 0.25) is 5.91 Å². The first-order chi connectivity index (χ1) is 15.3. The van der Waals surface area contributed by atoms with E-state index in [1.165, 1.54) is 12.1 Å². The number of anilines is 1. The van der Waals surface area contributed by atoms with Crippen LogP contribution in [0, 0.1) is 5.92 Å². The molecule has 0 saturated carbocycles. The summed E-state index contributed by atoms with van der Waals surface area (Å²) in [5, 5.41) is 0.283. The summed E-state index contributed by atoms with van der Waals surface area (Å²) in [5.41, 5.74) is 0.561. The Labute approximate surface area is 194 Å². The highest BCUT2D eigenvalue weighted by Gasteiger charge is 2.30. The number of nitrogens with one attached hydrogen (secondary N) is 1. The van der Waals surface area contributed by atoms with E-state index in [0.29, 0.717) is 44.6 Å². The topological polar surface area (TPSA) is 86.8 Å². The number of hydrogen-bond acceptors (Lipinski definition) is 4. The lowest BCUT2D eigenvalue weighted by Crippen LogP contribution is -2.44. The molecule has 0 bridgehead atoms. The number of carbonyl (C=O) groups is 2. The zero-order valence-electron chi connectivity index (χ0n) is 18.3. The minimum Gasteiger partial charge on any atom is -0.343 e. The molecule has 0 radical (unpaired) electrons. The highest BCUT2D eigenvalue weighted by molar-refractivity contribution is 7.92. The van der Waals surface area contributed by atoms with E-state index in [9.17, 15) is 18.0 Å². The first kappa shape index (κ1) is 24.1. The van der Waals surface area contributed by atoms with Gasteiger partial charge in [-0.1, -0.05) is 29.8 Å². The molecule has 1 aliphatic rings. The third kappa shape index (κ3) is 5.42. The van der Waals surface area contributed by atoms with E-state index in [1.54, 1.807) is 41.3 Å². The molecule has 1 fully saturated rings. The van der Waals surface area contributed by atoms with E-state index in [-0.39, 0.29) is 33.3 Å². The molecule has 9 heteroatoms. The van der Waals surface area contributed by atoms with E-state index < -0.39 is 10.0 Å². The van der Waals surface area contributed by atoms with Crippen LogP contribution >= 0.6 is 11.6 Å². The van der Waals surface area contributed by atoms with Crippen molar-refractivity contribution in [3.05, 3.63) is 59.1 Å². The SMILES string of the molecule is CCN(CC)C(=O)C1CCN(C(=O)c2cccc(S(=O)(=O)Nc3ccccc3Cl)c2)CC1. The van der Waals surface area contributed by atoms with Crippen molar-refractivity contribution >= 4 is 39.1 Å². The summed E-state index contributed by atoms with van der Waals surface area (Å²) in [6, 6.07) is 12.5. The fraction of sp³-hybridized carbons (Fsp3) is 0.391. The Morgan fingerprint density at radius 2 is 1.72 bits per heavy atom. The van der Waals surface area contributed by atoms with Gasteiger partial charge in [0.1, 0.15) is 0 Å². The summed E-state index contributed by atoms with van der Waals surface area (Å²) >= 11 is 6.06. The number of nitrogens with zero attached hydrogens (tertiary/aromatic N) is 2. The molecule has 2 aromatic carbocycles. The number of sulfonamides is 1. The molecule has 0 spiro atoms. The second kappa shape index (κ2) is 10.4. The predicted octanol–water partition coefficient (Wildman–Crippen LogP) is 3.86. The average Bonchev–Trinajstić information content (AvgIpc) is 2.81. The molecule has 0 aromatic heterocycles. The van der Waals surface area contributed by atoms with Gasteiger partial charge >= 0.3 is 0 Å². The largest absolute Gasteiger partial charge is 0.343 e. The number of benzene rings is 2. The van der Waals surface area contributed by atoms with Gasteiger partial charge in [-0.2, -0.15) is 0 Å². The highest BCUT2D eigenvalue weighted by Crippen LogP contribution is 2.25. The Kier molecular flexibility index (Phi) is 7.79. The Hall–Kier alpha value is -2.58. The van der Waals surface area contributed by atoms with Crippen LogP contribution in [-0.2, 0) is 14.8 Å². The van der Waals surface area contributed by atoms with E-state index in [1.807, 2.05) is 18.7 Å². The van der Waals surface area contributed by atoms with Crippen LogP contribution in [0.25, 0.3) is 0 Å². The summed E-state index contributed by atoms with van der Waals surface area (Å²) in [4.78, 5) is 29.1. The van der Waals surface area contributed by atoms with Crippen molar-refractivity contribution in [1.29, 1.82) is 0 Å². The van der Waals surface area contributed by atoms with E-state index in [4.69, 9.17) is 11.6 Å². The number of para-hydroxylation sites is 1. The second-order valence-corrected chi connectivity index (χ2v) is 9.78. The zero-order valence-corrected chi connectivity index (χ0v) is 19.8. The molecule has 7 nitrogen and oxygen atoms in total. The van der Waals surface area contributed by atoms with Gasteiger partial charge in [-0.05, 0) is 57.0 Å². The van der Waals surface area contributed by atoms with Crippen LogP contribution in [0.15, 0.2) is 53.4 Å². The molecule has 0 aliphatic carbocycles. The zero-order chi connectivity index (χ0) is 23.3. The first-order valence-electron chi connectivity index (χ1n) is 10.7. The molecule has 2 amide bonds. The van der Waals surface area contributed by atoms with Gasteiger partial charge in [0.25, 0.3) is 15.9 Å². The van der Waals surface area contributed by atoms with Crippen molar-refractivity contribution < 1.29 is 18.0 Å². The van der Waals surface area contributed by atoms with Gasteiger partial charge in [0.05, 0.1) is 15.6 Å². The monoisotopic (exact) mass is 477 g/mol. The summed E-state index contributed by atoms with van der Waals surface area (Å²) in [6.45, 7) is 6.20. The van der Waals surface area contributed by atoms with Crippen LogP contribution in [0.1, 0.15) is 37.0 Å². The molecular weight excluding hydrogens is 450 g/mol. The quantitative estimate of drug-likeness (QED) is 0.656. The van der Waals surface area contributed by atoms with E-state index in [0.717, 1.165) is 0 Å².